The van der Waals surface area contributed by atoms with Crippen LogP contribution in [0.15, 0.2) is 10.6 Å². The number of rotatable bonds is 4. The van der Waals surface area contributed by atoms with Crippen LogP contribution in [0.5, 0.6) is 0 Å². The first kappa shape index (κ1) is 11.4. The molecule has 0 aliphatic rings. The van der Waals surface area contributed by atoms with Crippen molar-refractivity contribution in [3.63, 3.8) is 0 Å². The maximum atomic E-state index is 10.7. The minimum atomic E-state index is -0.471. The molecule has 0 saturated carbocycles. The van der Waals surface area contributed by atoms with Gasteiger partial charge in [-0.2, -0.15) is 0 Å². The largest absolute Gasteiger partial charge is 0.354 e. The average molecular weight is 210 g/mol. The Bertz CT molecular complexity index is 380. The molecule has 15 heavy (non-hydrogen) atoms. The van der Waals surface area contributed by atoms with Crippen molar-refractivity contribution in [2.24, 2.45) is 5.92 Å². The molecule has 0 aliphatic carbocycles. The second-order valence-corrected chi connectivity index (χ2v) is 3.76. The summed E-state index contributed by atoms with van der Waals surface area (Å²) >= 11 is 0. The van der Waals surface area contributed by atoms with Crippen LogP contribution in [0.4, 0.5) is 5.69 Å². The van der Waals surface area contributed by atoms with E-state index >= 15 is 0 Å². The van der Waals surface area contributed by atoms with E-state index in [0.717, 1.165) is 6.42 Å². The number of allylic oxidation sites excluding steroid dienone is 1. The molecular formula is C10H14N2O3. The van der Waals surface area contributed by atoms with E-state index in [4.69, 9.17) is 4.52 Å². The van der Waals surface area contributed by atoms with Crippen molar-refractivity contribution in [1.82, 2.24) is 5.16 Å². The number of aromatic nitrogens is 1. The Morgan fingerprint density at radius 3 is 2.80 bits per heavy atom. The number of nitro groups is 1. The Morgan fingerprint density at radius 1 is 1.60 bits per heavy atom. The molecule has 0 bridgehead atoms. The smallest absolute Gasteiger partial charge is 0.338 e. The number of aryl methyl sites for hydroxylation is 1. The molecule has 82 valence electrons. The van der Waals surface area contributed by atoms with Gasteiger partial charge in [-0.3, -0.25) is 10.1 Å². The van der Waals surface area contributed by atoms with Crippen molar-refractivity contribution in [2.45, 2.75) is 27.2 Å². The first-order valence-corrected chi connectivity index (χ1v) is 4.79. The molecule has 0 radical (unpaired) electrons. The summed E-state index contributed by atoms with van der Waals surface area (Å²) in [6.45, 7) is 5.69. The molecule has 5 nitrogen and oxygen atoms in total. The summed E-state index contributed by atoms with van der Waals surface area (Å²) in [7, 11) is 0. The van der Waals surface area contributed by atoms with Crippen molar-refractivity contribution < 1.29 is 9.45 Å². The molecule has 0 fully saturated rings. The molecule has 0 N–H and O–H groups in total. The van der Waals surface area contributed by atoms with Gasteiger partial charge in [0.25, 0.3) is 0 Å². The van der Waals surface area contributed by atoms with Crippen molar-refractivity contribution in [3.8, 4) is 0 Å². The van der Waals surface area contributed by atoms with Gasteiger partial charge >= 0.3 is 5.69 Å². The zero-order valence-electron chi connectivity index (χ0n) is 9.06. The number of hydrogen-bond donors (Lipinski definition) is 0. The van der Waals surface area contributed by atoms with Crippen molar-refractivity contribution in [3.05, 3.63) is 27.6 Å². The van der Waals surface area contributed by atoms with Crippen molar-refractivity contribution >= 4 is 11.8 Å². The van der Waals surface area contributed by atoms with Crippen LogP contribution in [0.3, 0.4) is 0 Å². The maximum Gasteiger partial charge on any atom is 0.338 e. The lowest BCUT2D eigenvalue weighted by Gasteiger charge is -1.95. The summed E-state index contributed by atoms with van der Waals surface area (Å²) in [4.78, 5) is 10.2. The van der Waals surface area contributed by atoms with Crippen LogP contribution in [-0.2, 0) is 0 Å². The fraction of sp³-hybridized carbons (Fsp3) is 0.500. The molecule has 0 spiro atoms. The molecule has 0 saturated heterocycles. The summed E-state index contributed by atoms with van der Waals surface area (Å²) in [5.41, 5.74) is 0.244. The molecule has 1 aromatic heterocycles. The van der Waals surface area contributed by atoms with E-state index in [0.29, 0.717) is 5.92 Å². The van der Waals surface area contributed by atoms with E-state index in [1.54, 1.807) is 6.08 Å². The maximum absolute atomic E-state index is 10.7. The van der Waals surface area contributed by atoms with Crippen LogP contribution in [0.25, 0.3) is 6.08 Å². The van der Waals surface area contributed by atoms with Crippen LogP contribution >= 0.6 is 0 Å². The molecule has 0 amide bonds. The Balaban J connectivity index is 2.86. The van der Waals surface area contributed by atoms with Gasteiger partial charge in [0.15, 0.2) is 5.69 Å². The minimum absolute atomic E-state index is 0.0463. The second kappa shape index (κ2) is 4.72. The highest BCUT2D eigenvalue weighted by Gasteiger charge is 2.21. The zero-order chi connectivity index (χ0) is 11.4. The Hall–Kier alpha value is -1.65. The summed E-state index contributed by atoms with van der Waals surface area (Å²) in [5.74, 6) is 0.762. The molecule has 1 aromatic rings. The van der Waals surface area contributed by atoms with Crippen LogP contribution < -0.4 is 0 Å². The van der Waals surface area contributed by atoms with Gasteiger partial charge in [0.05, 0.1) is 4.92 Å². The highest BCUT2D eigenvalue weighted by atomic mass is 16.6. The monoisotopic (exact) mass is 210 g/mol. The molecule has 0 aromatic carbocycles. The SMILES string of the molecule is Cc1onc(/C=C/CC(C)C)c1[N+](=O)[O-]. The number of hydrogen-bond acceptors (Lipinski definition) is 4. The molecule has 0 aliphatic heterocycles. The fourth-order valence-electron chi connectivity index (χ4n) is 1.17. The second-order valence-electron chi connectivity index (χ2n) is 3.76. The van der Waals surface area contributed by atoms with E-state index < -0.39 is 4.92 Å². The summed E-state index contributed by atoms with van der Waals surface area (Å²) in [6, 6.07) is 0. The van der Waals surface area contributed by atoms with Gasteiger partial charge in [-0.05, 0) is 18.4 Å². The predicted octanol–water partition coefficient (Wildman–Crippen LogP) is 2.95. The molecular weight excluding hydrogens is 196 g/mol. The highest BCUT2D eigenvalue weighted by molar-refractivity contribution is 5.57. The van der Waals surface area contributed by atoms with E-state index in [9.17, 15) is 10.1 Å². The summed E-state index contributed by atoms with van der Waals surface area (Å²) in [6.07, 6.45) is 4.37. The molecule has 5 heteroatoms. The fourth-order valence-corrected chi connectivity index (χ4v) is 1.17. The van der Waals surface area contributed by atoms with Crippen LogP contribution in [0.1, 0.15) is 31.7 Å². The lowest BCUT2D eigenvalue weighted by Crippen LogP contribution is -1.90. The number of nitrogens with zero attached hydrogens (tertiary/aromatic N) is 2. The van der Waals surface area contributed by atoms with Gasteiger partial charge < -0.3 is 4.52 Å². The lowest BCUT2D eigenvalue weighted by atomic mass is 10.1. The molecule has 1 rings (SSSR count). The first-order chi connectivity index (χ1) is 7.02. The third-order valence-corrected chi connectivity index (χ3v) is 1.92. The molecule has 0 unspecified atom stereocenters. The van der Waals surface area contributed by atoms with E-state index in [1.807, 2.05) is 6.08 Å². The topological polar surface area (TPSA) is 69.2 Å². The van der Waals surface area contributed by atoms with Crippen LogP contribution in [-0.4, -0.2) is 10.1 Å². The third kappa shape index (κ3) is 2.90. The van der Waals surface area contributed by atoms with Gasteiger partial charge in [-0.25, -0.2) is 0 Å². The van der Waals surface area contributed by atoms with Crippen molar-refractivity contribution in [2.75, 3.05) is 0 Å². The van der Waals surface area contributed by atoms with Gasteiger partial charge in [-0.1, -0.05) is 25.1 Å². The lowest BCUT2D eigenvalue weighted by molar-refractivity contribution is -0.386. The summed E-state index contributed by atoms with van der Waals surface area (Å²) in [5, 5.41) is 14.3. The minimum Gasteiger partial charge on any atom is -0.354 e. The standard InChI is InChI=1S/C10H14N2O3/c1-7(2)5-4-6-9-10(12(13)14)8(3)15-11-9/h4,6-7H,5H2,1-3H3/b6-4+. The van der Waals surface area contributed by atoms with E-state index in [2.05, 4.69) is 19.0 Å². The zero-order valence-corrected chi connectivity index (χ0v) is 9.06. The average Bonchev–Trinajstić information content (AvgIpc) is 2.46. The van der Waals surface area contributed by atoms with Crippen molar-refractivity contribution in [1.29, 1.82) is 0 Å². The third-order valence-electron chi connectivity index (χ3n) is 1.92. The van der Waals surface area contributed by atoms with Gasteiger partial charge in [0.1, 0.15) is 0 Å². The summed E-state index contributed by atoms with van der Waals surface area (Å²) < 4.78 is 4.77. The van der Waals surface area contributed by atoms with Gasteiger partial charge in [0.2, 0.25) is 5.76 Å². The Kier molecular flexibility index (Phi) is 3.60. The Morgan fingerprint density at radius 2 is 2.27 bits per heavy atom. The first-order valence-electron chi connectivity index (χ1n) is 4.79. The molecule has 0 atom stereocenters. The Labute approximate surface area is 87.9 Å². The highest BCUT2D eigenvalue weighted by Crippen LogP contribution is 2.23. The van der Waals surface area contributed by atoms with E-state index in [-0.39, 0.29) is 17.1 Å². The predicted molar refractivity (Wildman–Crippen MR) is 56.4 cm³/mol. The van der Waals surface area contributed by atoms with E-state index in [1.165, 1.54) is 6.92 Å². The molecule has 1 heterocycles. The van der Waals surface area contributed by atoms with Crippen LogP contribution in [0, 0.1) is 23.0 Å². The van der Waals surface area contributed by atoms with Crippen LogP contribution in [0.2, 0.25) is 0 Å². The van der Waals surface area contributed by atoms with Gasteiger partial charge in [-0.15, -0.1) is 0 Å². The normalized spacial score (nSPS) is 11.5. The quantitative estimate of drug-likeness (QED) is 0.565. The van der Waals surface area contributed by atoms with Gasteiger partial charge in [0, 0.05) is 6.92 Å².